The van der Waals surface area contributed by atoms with Crippen LogP contribution in [-0.2, 0) is 0 Å². The van der Waals surface area contributed by atoms with Crippen LogP contribution in [0.1, 0.15) is 19.3 Å². The highest BCUT2D eigenvalue weighted by molar-refractivity contribution is 5.55. The van der Waals surface area contributed by atoms with E-state index in [0.717, 1.165) is 36.2 Å². The minimum absolute atomic E-state index is 0.794. The summed E-state index contributed by atoms with van der Waals surface area (Å²) in [5.41, 5.74) is 1.09. The maximum Gasteiger partial charge on any atom is 0.150 e. The van der Waals surface area contributed by atoms with Crippen LogP contribution in [-0.4, -0.2) is 27.6 Å². The topological polar surface area (TPSA) is 46.0 Å². The Bertz CT molecular complexity index is 790. The molecule has 0 atom stereocenters. The Labute approximate surface area is 142 Å². The Morgan fingerprint density at radius 3 is 2.50 bits per heavy atom. The minimum Gasteiger partial charge on any atom is -0.357 e. The number of para-hydroxylation sites is 1. The fourth-order valence-electron chi connectivity index (χ4n) is 3.05. The number of rotatable bonds is 4. The van der Waals surface area contributed by atoms with Crippen molar-refractivity contribution >= 4 is 17.5 Å². The van der Waals surface area contributed by atoms with Gasteiger partial charge in [-0.3, -0.25) is 0 Å². The summed E-state index contributed by atoms with van der Waals surface area (Å²) >= 11 is 0. The number of imidazole rings is 1. The summed E-state index contributed by atoms with van der Waals surface area (Å²) in [5.74, 6) is 2.67. The molecule has 5 nitrogen and oxygen atoms in total. The van der Waals surface area contributed by atoms with Gasteiger partial charge in [-0.1, -0.05) is 24.3 Å². The molecule has 1 aromatic carbocycles. The number of benzene rings is 1. The number of nitrogens with one attached hydrogen (secondary N) is 1. The van der Waals surface area contributed by atoms with Gasteiger partial charge in [0.25, 0.3) is 0 Å². The third-order valence-corrected chi connectivity index (χ3v) is 4.31. The van der Waals surface area contributed by atoms with Gasteiger partial charge in [0.15, 0.2) is 0 Å². The first-order valence-electron chi connectivity index (χ1n) is 8.47. The molecule has 3 aromatic rings. The van der Waals surface area contributed by atoms with Gasteiger partial charge in [-0.15, -0.1) is 0 Å². The van der Waals surface area contributed by atoms with E-state index >= 15 is 0 Å². The van der Waals surface area contributed by atoms with Crippen molar-refractivity contribution in [1.29, 1.82) is 0 Å². The van der Waals surface area contributed by atoms with E-state index in [1.807, 2.05) is 47.4 Å². The van der Waals surface area contributed by atoms with E-state index < -0.39 is 0 Å². The molecule has 0 spiro atoms. The van der Waals surface area contributed by atoms with Gasteiger partial charge in [-0.05, 0) is 43.5 Å². The zero-order valence-corrected chi connectivity index (χ0v) is 13.6. The molecule has 1 N–H and O–H groups in total. The highest BCUT2D eigenvalue weighted by Crippen LogP contribution is 2.21. The lowest BCUT2D eigenvalue weighted by Crippen LogP contribution is -2.30. The molecule has 1 aliphatic heterocycles. The third kappa shape index (κ3) is 3.25. The summed E-state index contributed by atoms with van der Waals surface area (Å²) in [7, 11) is 0. The Kier molecular flexibility index (Phi) is 4.14. The second-order valence-corrected chi connectivity index (χ2v) is 6.06. The smallest absolute Gasteiger partial charge is 0.150 e. The molecule has 1 fully saturated rings. The lowest BCUT2D eigenvalue weighted by atomic mass is 10.1. The lowest BCUT2D eigenvalue weighted by molar-refractivity contribution is 0.573. The minimum atomic E-state index is 0.794. The number of hydrogen-bond acceptors (Lipinski definition) is 4. The maximum absolute atomic E-state index is 4.74. The molecule has 2 aromatic heterocycles. The van der Waals surface area contributed by atoms with Crippen LogP contribution in [0.4, 0.5) is 17.5 Å². The van der Waals surface area contributed by atoms with Crippen molar-refractivity contribution in [2.75, 3.05) is 23.3 Å². The fourth-order valence-corrected chi connectivity index (χ4v) is 3.05. The highest BCUT2D eigenvalue weighted by atomic mass is 15.2. The molecule has 0 unspecified atom stereocenters. The molecule has 0 aliphatic carbocycles. The molecule has 0 saturated carbocycles. The SMILES string of the molecule is c1ccc(-n2cnc(Nc3cccc(N4CCCCC4)n3)c2)cc1. The third-order valence-electron chi connectivity index (χ3n) is 4.31. The molecule has 0 bridgehead atoms. The van der Waals surface area contributed by atoms with Crippen LogP contribution >= 0.6 is 0 Å². The van der Waals surface area contributed by atoms with E-state index in [4.69, 9.17) is 4.98 Å². The number of nitrogens with zero attached hydrogens (tertiary/aromatic N) is 4. The Hall–Kier alpha value is -2.82. The zero-order valence-electron chi connectivity index (χ0n) is 13.6. The first kappa shape index (κ1) is 14.8. The molecule has 0 radical (unpaired) electrons. The molecule has 1 aliphatic rings. The van der Waals surface area contributed by atoms with Crippen molar-refractivity contribution in [3.8, 4) is 5.69 Å². The van der Waals surface area contributed by atoms with Crippen LogP contribution in [0.25, 0.3) is 5.69 Å². The van der Waals surface area contributed by atoms with Crippen LogP contribution in [0, 0.1) is 0 Å². The van der Waals surface area contributed by atoms with Gasteiger partial charge in [-0.25, -0.2) is 9.97 Å². The van der Waals surface area contributed by atoms with Crippen molar-refractivity contribution in [3.05, 3.63) is 61.1 Å². The van der Waals surface area contributed by atoms with Gasteiger partial charge in [0.05, 0.1) is 6.20 Å². The van der Waals surface area contributed by atoms with E-state index in [0.29, 0.717) is 0 Å². The Morgan fingerprint density at radius 1 is 0.833 bits per heavy atom. The standard InChI is InChI=1S/C19H21N5/c1-3-8-16(9-4-1)24-14-18(20-15-24)21-17-10-7-11-19(22-17)23-12-5-2-6-13-23/h1,3-4,7-11,14-15H,2,5-6,12-13H2,(H,21,22). The van der Waals surface area contributed by atoms with E-state index in [-0.39, 0.29) is 0 Å². The average Bonchev–Trinajstić information content (AvgIpc) is 3.12. The summed E-state index contributed by atoms with van der Waals surface area (Å²) in [6, 6.07) is 16.3. The van der Waals surface area contributed by atoms with Gasteiger partial charge in [0.1, 0.15) is 23.8 Å². The number of pyridine rings is 1. The molecule has 122 valence electrons. The van der Waals surface area contributed by atoms with Crippen molar-refractivity contribution in [3.63, 3.8) is 0 Å². The monoisotopic (exact) mass is 319 g/mol. The zero-order chi connectivity index (χ0) is 16.2. The van der Waals surface area contributed by atoms with Gasteiger partial charge in [0, 0.05) is 18.8 Å². The lowest BCUT2D eigenvalue weighted by Gasteiger charge is -2.27. The summed E-state index contributed by atoms with van der Waals surface area (Å²) in [5, 5.41) is 3.30. The quantitative estimate of drug-likeness (QED) is 0.789. The van der Waals surface area contributed by atoms with Gasteiger partial charge in [-0.2, -0.15) is 0 Å². The second kappa shape index (κ2) is 6.74. The van der Waals surface area contributed by atoms with Gasteiger partial charge in [0.2, 0.25) is 0 Å². The molecule has 24 heavy (non-hydrogen) atoms. The Morgan fingerprint density at radius 2 is 1.67 bits per heavy atom. The molecule has 5 heteroatoms. The average molecular weight is 319 g/mol. The van der Waals surface area contributed by atoms with Crippen molar-refractivity contribution in [2.45, 2.75) is 19.3 Å². The molecule has 1 saturated heterocycles. The molecule has 4 rings (SSSR count). The largest absolute Gasteiger partial charge is 0.357 e. The molecular weight excluding hydrogens is 298 g/mol. The maximum atomic E-state index is 4.74. The Balaban J connectivity index is 1.50. The summed E-state index contributed by atoms with van der Waals surface area (Å²) in [6.45, 7) is 2.19. The molecular formula is C19H21N5. The van der Waals surface area contributed by atoms with E-state index in [9.17, 15) is 0 Å². The highest BCUT2D eigenvalue weighted by Gasteiger charge is 2.12. The van der Waals surface area contributed by atoms with Crippen LogP contribution < -0.4 is 10.2 Å². The van der Waals surface area contributed by atoms with E-state index in [1.54, 1.807) is 0 Å². The summed E-state index contributed by atoms with van der Waals surface area (Å²) < 4.78 is 2.00. The first-order chi connectivity index (χ1) is 11.9. The molecule has 3 heterocycles. The number of hydrogen-bond donors (Lipinski definition) is 1. The number of aromatic nitrogens is 3. The molecule has 0 amide bonds. The summed E-state index contributed by atoms with van der Waals surface area (Å²) in [6.07, 6.45) is 7.61. The fraction of sp³-hybridized carbons (Fsp3) is 0.263. The first-order valence-corrected chi connectivity index (χ1v) is 8.47. The van der Waals surface area contributed by atoms with Gasteiger partial charge < -0.3 is 14.8 Å². The van der Waals surface area contributed by atoms with Crippen LogP contribution in [0.3, 0.4) is 0 Å². The van der Waals surface area contributed by atoms with Crippen molar-refractivity contribution in [1.82, 2.24) is 14.5 Å². The van der Waals surface area contributed by atoms with Crippen LogP contribution in [0.2, 0.25) is 0 Å². The van der Waals surface area contributed by atoms with Crippen molar-refractivity contribution in [2.24, 2.45) is 0 Å². The second-order valence-electron chi connectivity index (χ2n) is 6.06. The van der Waals surface area contributed by atoms with E-state index in [2.05, 4.69) is 33.4 Å². The normalized spacial score (nSPS) is 14.6. The predicted molar refractivity (Wildman–Crippen MR) is 97.1 cm³/mol. The number of anilines is 3. The summed E-state index contributed by atoms with van der Waals surface area (Å²) in [4.78, 5) is 11.5. The van der Waals surface area contributed by atoms with Crippen LogP contribution in [0.5, 0.6) is 0 Å². The van der Waals surface area contributed by atoms with Crippen LogP contribution in [0.15, 0.2) is 61.1 Å². The van der Waals surface area contributed by atoms with Crippen molar-refractivity contribution < 1.29 is 0 Å². The predicted octanol–water partition coefficient (Wildman–Crippen LogP) is 4.00. The van der Waals surface area contributed by atoms with Gasteiger partial charge >= 0.3 is 0 Å². The number of piperidine rings is 1. The van der Waals surface area contributed by atoms with E-state index in [1.165, 1.54) is 19.3 Å².